The molecule has 0 radical (unpaired) electrons. The maximum atomic E-state index is 11.3. The number of hydrogen-bond donors (Lipinski definition) is 0. The molecule has 1 aliphatic heterocycles. The van der Waals surface area contributed by atoms with E-state index in [-0.39, 0.29) is 0 Å². The van der Waals surface area contributed by atoms with Crippen LogP contribution in [0.1, 0.15) is 24.8 Å². The van der Waals surface area contributed by atoms with Crippen LogP contribution in [0.4, 0.5) is 0 Å². The number of benzene rings is 1. The molecule has 0 bridgehead atoms. The minimum absolute atomic E-state index is 0.564. The molecule has 2 nitrogen and oxygen atoms in total. The van der Waals surface area contributed by atoms with Crippen LogP contribution in [0.5, 0.6) is 0 Å². The Morgan fingerprint density at radius 2 is 1.88 bits per heavy atom. The lowest BCUT2D eigenvalue weighted by atomic mass is 9.96. The molecule has 0 aromatic heterocycles. The van der Waals surface area contributed by atoms with E-state index in [9.17, 15) is 4.21 Å². The lowest BCUT2D eigenvalue weighted by Crippen LogP contribution is -2.39. The monoisotopic (exact) mass is 251 g/mol. The maximum Gasteiger partial charge on any atom is 0.0363 e. The topological polar surface area (TPSA) is 20.3 Å². The van der Waals surface area contributed by atoms with Crippen LogP contribution in [0.15, 0.2) is 30.3 Å². The largest absolute Gasteiger partial charge is 0.301 e. The van der Waals surface area contributed by atoms with Gasteiger partial charge in [-0.2, -0.15) is 0 Å². The molecule has 1 aromatic rings. The molecule has 1 aliphatic rings. The van der Waals surface area contributed by atoms with Crippen LogP contribution in [0.3, 0.4) is 0 Å². The van der Waals surface area contributed by atoms with Crippen LogP contribution in [-0.2, 0) is 10.8 Å². The van der Waals surface area contributed by atoms with Crippen LogP contribution >= 0.6 is 0 Å². The van der Waals surface area contributed by atoms with Gasteiger partial charge in [-0.15, -0.1) is 0 Å². The predicted octanol–water partition coefficient (Wildman–Crippen LogP) is 2.24. The van der Waals surface area contributed by atoms with Crippen molar-refractivity contribution in [1.29, 1.82) is 0 Å². The molecule has 0 N–H and O–H groups in total. The zero-order chi connectivity index (χ0) is 12.1. The van der Waals surface area contributed by atoms with E-state index < -0.39 is 10.8 Å². The highest BCUT2D eigenvalue weighted by Crippen LogP contribution is 2.21. The Morgan fingerprint density at radius 1 is 1.24 bits per heavy atom. The van der Waals surface area contributed by atoms with Crippen molar-refractivity contribution < 1.29 is 4.21 Å². The summed E-state index contributed by atoms with van der Waals surface area (Å²) in [7, 11) is -0.564. The minimum Gasteiger partial charge on any atom is -0.301 e. The van der Waals surface area contributed by atoms with E-state index in [0.717, 1.165) is 31.1 Å². The van der Waals surface area contributed by atoms with E-state index in [1.54, 1.807) is 0 Å². The Morgan fingerprint density at radius 3 is 2.47 bits per heavy atom. The molecule has 94 valence electrons. The summed E-state index contributed by atoms with van der Waals surface area (Å²) in [4.78, 5) is 2.46. The van der Waals surface area contributed by atoms with Crippen molar-refractivity contribution in [2.45, 2.75) is 19.3 Å². The lowest BCUT2D eigenvalue weighted by Gasteiger charge is -2.30. The molecule has 1 fully saturated rings. The zero-order valence-corrected chi connectivity index (χ0v) is 11.3. The summed E-state index contributed by atoms with van der Waals surface area (Å²) >= 11 is 0. The van der Waals surface area contributed by atoms with Gasteiger partial charge in [-0.1, -0.05) is 37.3 Å². The summed E-state index contributed by atoms with van der Waals surface area (Å²) in [6, 6.07) is 10.7. The van der Waals surface area contributed by atoms with E-state index in [2.05, 4.69) is 42.2 Å². The molecule has 0 spiro atoms. The van der Waals surface area contributed by atoms with E-state index >= 15 is 0 Å². The fraction of sp³-hybridized carbons (Fsp3) is 0.571. The normalized spacial score (nSPS) is 20.3. The van der Waals surface area contributed by atoms with Crippen molar-refractivity contribution in [2.24, 2.45) is 0 Å². The predicted molar refractivity (Wildman–Crippen MR) is 73.8 cm³/mol. The Hall–Kier alpha value is -0.670. The minimum atomic E-state index is -0.564. The molecule has 1 heterocycles. The van der Waals surface area contributed by atoms with Crippen molar-refractivity contribution >= 4 is 10.8 Å². The van der Waals surface area contributed by atoms with Gasteiger partial charge in [0.15, 0.2) is 0 Å². The first kappa shape index (κ1) is 12.8. The fourth-order valence-corrected chi connectivity index (χ4v) is 3.49. The highest BCUT2D eigenvalue weighted by atomic mass is 32.2. The molecule has 0 aliphatic carbocycles. The third-order valence-corrected chi connectivity index (χ3v) is 4.79. The molecule has 0 amide bonds. The van der Waals surface area contributed by atoms with Crippen LogP contribution in [0.25, 0.3) is 0 Å². The third-order valence-electron chi connectivity index (χ3n) is 3.51. The average molecular weight is 251 g/mol. The van der Waals surface area contributed by atoms with Gasteiger partial charge in [0.05, 0.1) is 0 Å². The standard InChI is InChI=1S/C14H21NOS/c1-2-13(14-6-4-3-5-7-14)12-15-8-10-17(16)11-9-15/h3-7,13H,2,8-12H2,1H3/t13-/m0/s1. The highest BCUT2D eigenvalue weighted by Gasteiger charge is 2.19. The first-order valence-corrected chi connectivity index (χ1v) is 7.90. The first-order chi connectivity index (χ1) is 8.29. The molecule has 1 saturated heterocycles. The Kier molecular flexibility index (Phi) is 4.75. The Bertz CT molecular complexity index is 356. The molecule has 1 aromatic carbocycles. The van der Waals surface area contributed by atoms with Gasteiger partial charge in [0.2, 0.25) is 0 Å². The average Bonchev–Trinajstić information content (AvgIpc) is 2.39. The van der Waals surface area contributed by atoms with E-state index in [1.165, 1.54) is 12.0 Å². The van der Waals surface area contributed by atoms with Gasteiger partial charge in [-0.05, 0) is 17.9 Å². The molecule has 0 saturated carbocycles. The first-order valence-electron chi connectivity index (χ1n) is 6.42. The van der Waals surface area contributed by atoms with Gasteiger partial charge in [-0.3, -0.25) is 4.21 Å². The third kappa shape index (κ3) is 3.65. The fourth-order valence-electron chi connectivity index (χ4n) is 2.37. The summed E-state index contributed by atoms with van der Waals surface area (Å²) in [5.41, 5.74) is 1.43. The smallest absolute Gasteiger partial charge is 0.0363 e. The van der Waals surface area contributed by atoms with Crippen LogP contribution in [-0.4, -0.2) is 40.2 Å². The molecule has 1 atom stereocenters. The van der Waals surface area contributed by atoms with Gasteiger partial charge < -0.3 is 4.90 Å². The molecule has 17 heavy (non-hydrogen) atoms. The quantitative estimate of drug-likeness (QED) is 0.818. The van der Waals surface area contributed by atoms with Gasteiger partial charge in [0.25, 0.3) is 0 Å². The second kappa shape index (κ2) is 6.31. The lowest BCUT2D eigenvalue weighted by molar-refractivity contribution is 0.276. The molecule has 3 heteroatoms. The molecule has 0 unspecified atom stereocenters. The van der Waals surface area contributed by atoms with Crippen LogP contribution in [0, 0.1) is 0 Å². The van der Waals surface area contributed by atoms with Gasteiger partial charge in [0.1, 0.15) is 0 Å². The number of hydrogen-bond acceptors (Lipinski definition) is 2. The summed E-state index contributed by atoms with van der Waals surface area (Å²) in [5.74, 6) is 2.32. The van der Waals surface area contributed by atoms with Crippen LogP contribution in [0.2, 0.25) is 0 Å². The summed E-state index contributed by atoms with van der Waals surface area (Å²) in [6.45, 7) is 5.35. The number of rotatable bonds is 4. The molecular weight excluding hydrogens is 230 g/mol. The Labute approximate surface area is 106 Å². The molecular formula is C14H21NOS. The van der Waals surface area contributed by atoms with Crippen molar-refractivity contribution in [3.8, 4) is 0 Å². The van der Waals surface area contributed by atoms with Crippen molar-refractivity contribution in [3.63, 3.8) is 0 Å². The van der Waals surface area contributed by atoms with Gasteiger partial charge in [-0.25, -0.2) is 0 Å². The highest BCUT2D eigenvalue weighted by molar-refractivity contribution is 7.85. The van der Waals surface area contributed by atoms with Crippen LogP contribution < -0.4 is 0 Å². The summed E-state index contributed by atoms with van der Waals surface area (Å²) in [6.07, 6.45) is 1.17. The van der Waals surface area contributed by atoms with E-state index in [0.29, 0.717) is 5.92 Å². The van der Waals surface area contributed by atoms with Gasteiger partial charge in [0, 0.05) is 41.9 Å². The zero-order valence-electron chi connectivity index (χ0n) is 10.5. The second-order valence-corrected chi connectivity index (χ2v) is 6.36. The maximum absolute atomic E-state index is 11.3. The Balaban J connectivity index is 1.94. The van der Waals surface area contributed by atoms with Crippen molar-refractivity contribution in [2.75, 3.05) is 31.1 Å². The summed E-state index contributed by atoms with van der Waals surface area (Å²) < 4.78 is 11.3. The SMILES string of the molecule is CC[C@@H](CN1CCS(=O)CC1)c1ccccc1. The van der Waals surface area contributed by atoms with Gasteiger partial charge >= 0.3 is 0 Å². The number of nitrogens with zero attached hydrogens (tertiary/aromatic N) is 1. The van der Waals surface area contributed by atoms with E-state index in [1.807, 2.05) is 0 Å². The van der Waals surface area contributed by atoms with Crippen molar-refractivity contribution in [1.82, 2.24) is 4.90 Å². The van der Waals surface area contributed by atoms with E-state index in [4.69, 9.17) is 0 Å². The molecule has 2 rings (SSSR count). The van der Waals surface area contributed by atoms with Crippen molar-refractivity contribution in [3.05, 3.63) is 35.9 Å². The summed E-state index contributed by atoms with van der Waals surface area (Å²) in [5, 5.41) is 0. The second-order valence-electron chi connectivity index (χ2n) is 4.66.